The normalized spacial score (nSPS) is 10.3. The molecule has 0 saturated heterocycles. The Labute approximate surface area is 117 Å². The number of rotatable bonds is 3. The van der Waals surface area contributed by atoms with Crippen LogP contribution in [0.3, 0.4) is 0 Å². The first-order chi connectivity index (χ1) is 9.02. The average Bonchev–Trinajstić information content (AvgIpc) is 2.74. The van der Waals surface area contributed by atoms with Crippen molar-refractivity contribution in [3.8, 4) is 6.07 Å². The molecular weight excluding hydrogens is 256 g/mol. The molecule has 98 valence electrons. The first-order valence-corrected chi connectivity index (χ1v) is 6.89. The lowest BCUT2D eigenvalue weighted by atomic mass is 10.1. The number of anilines is 1. The largest absolute Gasteiger partial charge is 0.368 e. The zero-order valence-corrected chi connectivity index (χ0v) is 12.4. The highest BCUT2D eigenvalue weighted by Gasteiger charge is 2.13. The van der Waals surface area contributed by atoms with Crippen LogP contribution in [0.2, 0.25) is 0 Å². The van der Waals surface area contributed by atoms with E-state index in [0.29, 0.717) is 5.56 Å². The maximum atomic E-state index is 9.29. The highest BCUT2D eigenvalue weighted by Crippen LogP contribution is 2.25. The Morgan fingerprint density at radius 3 is 2.63 bits per heavy atom. The van der Waals surface area contributed by atoms with E-state index >= 15 is 0 Å². The summed E-state index contributed by atoms with van der Waals surface area (Å²) in [6, 6.07) is 4.21. The number of thiazole rings is 1. The van der Waals surface area contributed by atoms with Crippen molar-refractivity contribution in [1.82, 2.24) is 9.97 Å². The summed E-state index contributed by atoms with van der Waals surface area (Å²) >= 11 is 1.64. The van der Waals surface area contributed by atoms with Crippen molar-refractivity contribution >= 4 is 17.0 Å². The van der Waals surface area contributed by atoms with Gasteiger partial charge >= 0.3 is 0 Å². The molecule has 19 heavy (non-hydrogen) atoms. The summed E-state index contributed by atoms with van der Waals surface area (Å²) in [4.78, 5) is 11.9. The van der Waals surface area contributed by atoms with E-state index in [1.807, 2.05) is 39.4 Å². The first kappa shape index (κ1) is 13.5. The molecule has 0 aliphatic heterocycles. The molecule has 0 aliphatic rings. The monoisotopic (exact) mass is 272 g/mol. The first-order valence-electron chi connectivity index (χ1n) is 6.01. The standard InChI is InChI=1S/C14H16N4S/c1-9-5-13(12(6-15)10(2)17-9)18(4)7-14-11(3)16-8-19-14/h5,8H,7H2,1-4H3. The van der Waals surface area contributed by atoms with Crippen molar-refractivity contribution in [2.24, 2.45) is 0 Å². The molecule has 0 aliphatic carbocycles. The van der Waals surface area contributed by atoms with E-state index in [0.717, 1.165) is 29.3 Å². The molecule has 0 aromatic carbocycles. The van der Waals surface area contributed by atoms with Crippen LogP contribution < -0.4 is 4.90 Å². The number of nitrogens with zero attached hydrogens (tertiary/aromatic N) is 4. The van der Waals surface area contributed by atoms with Gasteiger partial charge in [0, 0.05) is 17.6 Å². The summed E-state index contributed by atoms with van der Waals surface area (Å²) < 4.78 is 0. The molecule has 2 rings (SSSR count). The van der Waals surface area contributed by atoms with E-state index in [9.17, 15) is 5.26 Å². The second-order valence-corrected chi connectivity index (χ2v) is 5.51. The Morgan fingerprint density at radius 1 is 1.32 bits per heavy atom. The zero-order chi connectivity index (χ0) is 14.0. The van der Waals surface area contributed by atoms with Crippen LogP contribution in [-0.4, -0.2) is 17.0 Å². The van der Waals surface area contributed by atoms with Gasteiger partial charge in [0.2, 0.25) is 0 Å². The third-order valence-electron chi connectivity index (χ3n) is 3.06. The molecule has 2 aromatic heterocycles. The quantitative estimate of drug-likeness (QED) is 0.862. The lowest BCUT2D eigenvalue weighted by Gasteiger charge is -2.21. The Bertz CT molecular complexity index is 639. The molecule has 0 saturated carbocycles. The van der Waals surface area contributed by atoms with Crippen LogP contribution in [0.1, 0.15) is 27.5 Å². The Hall–Kier alpha value is -1.93. The molecule has 4 nitrogen and oxygen atoms in total. The van der Waals surface area contributed by atoms with Crippen LogP contribution in [0.15, 0.2) is 11.6 Å². The van der Waals surface area contributed by atoms with Crippen molar-refractivity contribution in [2.75, 3.05) is 11.9 Å². The third kappa shape index (κ3) is 2.74. The van der Waals surface area contributed by atoms with E-state index in [2.05, 4.69) is 20.9 Å². The van der Waals surface area contributed by atoms with E-state index in [-0.39, 0.29) is 0 Å². The number of hydrogen-bond donors (Lipinski definition) is 0. The summed E-state index contributed by atoms with van der Waals surface area (Å²) in [6.07, 6.45) is 0. The van der Waals surface area contributed by atoms with Crippen molar-refractivity contribution in [2.45, 2.75) is 27.3 Å². The van der Waals surface area contributed by atoms with Crippen LogP contribution in [0.25, 0.3) is 0 Å². The van der Waals surface area contributed by atoms with Crippen LogP contribution in [0.5, 0.6) is 0 Å². The predicted molar refractivity (Wildman–Crippen MR) is 77.4 cm³/mol. The molecule has 0 bridgehead atoms. The summed E-state index contributed by atoms with van der Waals surface area (Å²) in [6.45, 7) is 6.59. The fraction of sp³-hybridized carbons (Fsp3) is 0.357. The van der Waals surface area contributed by atoms with Gasteiger partial charge in [-0.05, 0) is 26.8 Å². The second-order valence-electron chi connectivity index (χ2n) is 4.57. The third-order valence-corrected chi connectivity index (χ3v) is 3.98. The van der Waals surface area contributed by atoms with Crippen LogP contribution in [-0.2, 0) is 6.54 Å². The van der Waals surface area contributed by atoms with Gasteiger partial charge in [-0.15, -0.1) is 11.3 Å². The van der Waals surface area contributed by atoms with Gasteiger partial charge in [-0.1, -0.05) is 0 Å². The Kier molecular flexibility index (Phi) is 3.82. The van der Waals surface area contributed by atoms with Crippen molar-refractivity contribution in [1.29, 1.82) is 5.26 Å². The van der Waals surface area contributed by atoms with E-state index in [4.69, 9.17) is 0 Å². The maximum Gasteiger partial charge on any atom is 0.103 e. The molecule has 0 fully saturated rings. The number of aryl methyl sites for hydroxylation is 3. The van der Waals surface area contributed by atoms with Gasteiger partial charge in [-0.25, -0.2) is 4.98 Å². The molecule has 0 atom stereocenters. The summed E-state index contributed by atoms with van der Waals surface area (Å²) in [7, 11) is 1.99. The topological polar surface area (TPSA) is 52.8 Å². The summed E-state index contributed by atoms with van der Waals surface area (Å²) in [5.74, 6) is 0. The molecule has 0 radical (unpaired) electrons. The summed E-state index contributed by atoms with van der Waals surface area (Å²) in [5.41, 5.74) is 6.20. The zero-order valence-electron chi connectivity index (χ0n) is 11.6. The molecule has 2 heterocycles. The maximum absolute atomic E-state index is 9.29. The van der Waals surface area contributed by atoms with Gasteiger partial charge < -0.3 is 4.90 Å². The van der Waals surface area contributed by atoms with Crippen molar-refractivity contribution < 1.29 is 0 Å². The van der Waals surface area contributed by atoms with E-state index in [1.54, 1.807) is 11.3 Å². The van der Waals surface area contributed by atoms with Gasteiger partial charge in [0.05, 0.1) is 34.7 Å². The second kappa shape index (κ2) is 5.37. The molecular formula is C14H16N4S. The minimum Gasteiger partial charge on any atom is -0.368 e. The van der Waals surface area contributed by atoms with Gasteiger partial charge in [0.1, 0.15) is 6.07 Å². The van der Waals surface area contributed by atoms with Crippen LogP contribution in [0.4, 0.5) is 5.69 Å². The van der Waals surface area contributed by atoms with E-state index in [1.165, 1.54) is 4.88 Å². The van der Waals surface area contributed by atoms with Gasteiger partial charge in [0.15, 0.2) is 0 Å². The van der Waals surface area contributed by atoms with E-state index < -0.39 is 0 Å². The molecule has 2 aromatic rings. The minimum atomic E-state index is 0.648. The van der Waals surface area contributed by atoms with Gasteiger partial charge in [-0.3, -0.25) is 4.98 Å². The lowest BCUT2D eigenvalue weighted by Crippen LogP contribution is -2.18. The SMILES string of the molecule is Cc1cc(N(C)Cc2scnc2C)c(C#N)c(C)n1. The summed E-state index contributed by atoms with van der Waals surface area (Å²) in [5, 5.41) is 9.29. The minimum absolute atomic E-state index is 0.648. The lowest BCUT2D eigenvalue weighted by molar-refractivity contribution is 0.914. The smallest absolute Gasteiger partial charge is 0.103 e. The molecule has 0 unspecified atom stereocenters. The van der Waals surface area contributed by atoms with Crippen LogP contribution in [0, 0.1) is 32.1 Å². The molecule has 0 spiro atoms. The molecule has 5 heteroatoms. The fourth-order valence-electron chi connectivity index (χ4n) is 2.03. The number of pyridine rings is 1. The van der Waals surface area contributed by atoms with Crippen molar-refractivity contribution in [3.63, 3.8) is 0 Å². The number of hydrogen-bond acceptors (Lipinski definition) is 5. The molecule has 0 amide bonds. The highest BCUT2D eigenvalue weighted by atomic mass is 32.1. The highest BCUT2D eigenvalue weighted by molar-refractivity contribution is 7.09. The predicted octanol–water partition coefficient (Wildman–Crippen LogP) is 2.97. The Balaban J connectivity index is 2.36. The molecule has 0 N–H and O–H groups in total. The van der Waals surface area contributed by atoms with Gasteiger partial charge in [0.25, 0.3) is 0 Å². The Morgan fingerprint density at radius 2 is 2.05 bits per heavy atom. The van der Waals surface area contributed by atoms with Gasteiger partial charge in [-0.2, -0.15) is 5.26 Å². The average molecular weight is 272 g/mol. The fourth-order valence-corrected chi connectivity index (χ4v) is 2.86. The van der Waals surface area contributed by atoms with Crippen LogP contribution >= 0.6 is 11.3 Å². The number of nitriles is 1. The van der Waals surface area contributed by atoms with Crippen molar-refractivity contribution in [3.05, 3.63) is 39.1 Å². The number of aromatic nitrogens is 2.